The number of rotatable bonds is 5. The van der Waals surface area contributed by atoms with Crippen LogP contribution in [0.5, 0.6) is 5.75 Å². The van der Waals surface area contributed by atoms with Crippen LogP contribution in [0.25, 0.3) is 0 Å². The Kier molecular flexibility index (Phi) is 4.80. The highest BCUT2D eigenvalue weighted by molar-refractivity contribution is 9.10. The molecule has 110 valence electrons. The zero-order valence-corrected chi connectivity index (χ0v) is 13.6. The van der Waals surface area contributed by atoms with E-state index in [1.165, 1.54) is 19.1 Å². The molecule has 2 aromatic rings. The van der Waals surface area contributed by atoms with Crippen molar-refractivity contribution in [1.82, 2.24) is 0 Å². The summed E-state index contributed by atoms with van der Waals surface area (Å²) in [5, 5.41) is 0. The van der Waals surface area contributed by atoms with Crippen molar-refractivity contribution in [2.75, 3.05) is 0 Å². The van der Waals surface area contributed by atoms with Crippen LogP contribution in [-0.2, 0) is 15.9 Å². The fourth-order valence-electron chi connectivity index (χ4n) is 1.77. The first kappa shape index (κ1) is 15.7. The summed E-state index contributed by atoms with van der Waals surface area (Å²) in [5.74, 6) is -0.251. The van der Waals surface area contributed by atoms with Crippen LogP contribution >= 0.6 is 15.9 Å². The third kappa shape index (κ3) is 4.68. The zero-order chi connectivity index (χ0) is 15.5. The van der Waals surface area contributed by atoms with Crippen molar-refractivity contribution in [2.45, 2.75) is 12.7 Å². The van der Waals surface area contributed by atoms with Gasteiger partial charge in [0.1, 0.15) is 11.5 Å². The molecule has 0 aromatic heterocycles. The third-order valence-electron chi connectivity index (χ3n) is 2.70. The lowest BCUT2D eigenvalue weighted by atomic mass is 10.1. The first-order valence-corrected chi connectivity index (χ1v) is 8.50. The van der Waals surface area contributed by atoms with Crippen molar-refractivity contribution in [1.29, 1.82) is 0 Å². The Morgan fingerprint density at radius 3 is 2.52 bits per heavy atom. The normalized spacial score (nSPS) is 11.1. The number of hydrogen-bond acceptors (Lipinski definition) is 4. The van der Waals surface area contributed by atoms with E-state index in [4.69, 9.17) is 4.18 Å². The molecule has 0 aliphatic heterocycles. The van der Waals surface area contributed by atoms with Gasteiger partial charge in [-0.2, -0.15) is 8.42 Å². The molecule has 0 fully saturated rings. The molecule has 2 aromatic carbocycles. The molecule has 0 radical (unpaired) electrons. The Morgan fingerprint density at radius 2 is 1.86 bits per heavy atom. The smallest absolute Gasteiger partial charge is 0.313 e. The quantitative estimate of drug-likeness (QED) is 0.597. The molecule has 0 saturated heterocycles. The summed E-state index contributed by atoms with van der Waals surface area (Å²) in [5.41, 5.74) is 1.03. The first-order valence-electron chi connectivity index (χ1n) is 6.13. The lowest BCUT2D eigenvalue weighted by Gasteiger charge is -2.08. The minimum absolute atomic E-state index is 0.137. The summed E-state index contributed by atoms with van der Waals surface area (Å²) < 4.78 is 29.9. The number of halogens is 1. The highest BCUT2D eigenvalue weighted by Crippen LogP contribution is 2.19. The van der Waals surface area contributed by atoms with Crippen LogP contribution in [0.4, 0.5) is 0 Å². The molecule has 0 N–H and O–H groups in total. The highest BCUT2D eigenvalue weighted by atomic mass is 79.9. The molecular formula is C15H13BrO4S. The van der Waals surface area contributed by atoms with E-state index in [9.17, 15) is 13.2 Å². The largest absolute Gasteiger partial charge is 0.382 e. The van der Waals surface area contributed by atoms with Crippen molar-refractivity contribution in [3.05, 3.63) is 64.1 Å². The van der Waals surface area contributed by atoms with Crippen molar-refractivity contribution in [3.8, 4) is 5.75 Å². The Balaban J connectivity index is 2.18. The van der Waals surface area contributed by atoms with Gasteiger partial charge in [-0.3, -0.25) is 4.79 Å². The number of hydrogen-bond donors (Lipinski definition) is 0. The molecule has 0 spiro atoms. The summed E-state index contributed by atoms with van der Waals surface area (Å²) in [6.07, 6.45) is 0. The Hall–Kier alpha value is -1.66. The fourth-order valence-corrected chi connectivity index (χ4v) is 3.26. The predicted octanol–water partition coefficient (Wildman–Crippen LogP) is 3.56. The molecule has 0 aliphatic rings. The van der Waals surface area contributed by atoms with Gasteiger partial charge < -0.3 is 4.18 Å². The summed E-state index contributed by atoms with van der Waals surface area (Å²) in [6.45, 7) is 1.41. The molecule has 0 unspecified atom stereocenters. The molecule has 0 amide bonds. The molecule has 0 aliphatic carbocycles. The maximum absolute atomic E-state index is 12.0. The number of benzene rings is 2. The molecule has 6 heteroatoms. The number of carbonyl (C=O) groups excluding carboxylic acids is 1. The van der Waals surface area contributed by atoms with Gasteiger partial charge >= 0.3 is 10.1 Å². The summed E-state index contributed by atoms with van der Waals surface area (Å²) in [6, 6.07) is 13.1. The average Bonchev–Trinajstić information content (AvgIpc) is 2.37. The van der Waals surface area contributed by atoms with Gasteiger partial charge in [0.2, 0.25) is 0 Å². The minimum Gasteiger partial charge on any atom is -0.382 e. The van der Waals surface area contributed by atoms with Crippen LogP contribution in [0.1, 0.15) is 22.8 Å². The molecule has 0 heterocycles. The summed E-state index contributed by atoms with van der Waals surface area (Å²) in [4.78, 5) is 11.3. The molecule has 21 heavy (non-hydrogen) atoms. The SMILES string of the molecule is CC(=O)c1cccc(OS(=O)(=O)Cc2cccc(Br)c2)c1. The second-order valence-electron chi connectivity index (χ2n) is 4.50. The van der Waals surface area contributed by atoms with E-state index in [-0.39, 0.29) is 17.3 Å². The molecule has 0 saturated carbocycles. The highest BCUT2D eigenvalue weighted by Gasteiger charge is 2.15. The van der Waals surface area contributed by atoms with Gasteiger partial charge in [0.05, 0.1) is 0 Å². The van der Waals surface area contributed by atoms with Crippen LogP contribution < -0.4 is 4.18 Å². The molecule has 4 nitrogen and oxygen atoms in total. The number of ketones is 1. The second kappa shape index (κ2) is 6.41. The fraction of sp³-hybridized carbons (Fsp3) is 0.133. The van der Waals surface area contributed by atoms with E-state index >= 15 is 0 Å². The van der Waals surface area contributed by atoms with Gasteiger partial charge in [0.25, 0.3) is 0 Å². The Morgan fingerprint density at radius 1 is 1.14 bits per heavy atom. The third-order valence-corrected chi connectivity index (χ3v) is 4.32. The molecule has 0 bridgehead atoms. The van der Waals surface area contributed by atoms with E-state index in [0.717, 1.165) is 4.47 Å². The Bertz CT molecular complexity index is 769. The molecular weight excluding hydrogens is 356 g/mol. The van der Waals surface area contributed by atoms with Gasteiger partial charge in [-0.15, -0.1) is 0 Å². The number of carbonyl (C=O) groups is 1. The predicted molar refractivity (Wildman–Crippen MR) is 83.8 cm³/mol. The van der Waals surface area contributed by atoms with Gasteiger partial charge in [-0.1, -0.05) is 40.2 Å². The summed E-state index contributed by atoms with van der Waals surface area (Å²) in [7, 11) is -3.78. The second-order valence-corrected chi connectivity index (χ2v) is 6.99. The maximum atomic E-state index is 12.0. The summed E-state index contributed by atoms with van der Waals surface area (Å²) >= 11 is 3.29. The number of Topliss-reactive ketones (excluding diaryl/α,β-unsaturated/α-hetero) is 1. The van der Waals surface area contributed by atoms with Gasteiger partial charge in [0, 0.05) is 10.0 Å². The van der Waals surface area contributed by atoms with Gasteiger partial charge in [-0.05, 0) is 36.8 Å². The van der Waals surface area contributed by atoms with Crippen LogP contribution in [0.3, 0.4) is 0 Å². The minimum atomic E-state index is -3.78. The van der Waals surface area contributed by atoms with E-state index in [2.05, 4.69) is 15.9 Å². The van der Waals surface area contributed by atoms with E-state index in [0.29, 0.717) is 11.1 Å². The van der Waals surface area contributed by atoms with E-state index < -0.39 is 10.1 Å². The van der Waals surface area contributed by atoms with Crippen LogP contribution in [0, 0.1) is 0 Å². The van der Waals surface area contributed by atoms with Crippen molar-refractivity contribution in [3.63, 3.8) is 0 Å². The first-order chi connectivity index (χ1) is 9.85. The molecule has 2 rings (SSSR count). The monoisotopic (exact) mass is 368 g/mol. The average molecular weight is 369 g/mol. The van der Waals surface area contributed by atoms with E-state index in [1.54, 1.807) is 30.3 Å². The zero-order valence-electron chi connectivity index (χ0n) is 11.2. The molecule has 0 atom stereocenters. The van der Waals surface area contributed by atoms with Crippen molar-refractivity contribution >= 4 is 31.8 Å². The van der Waals surface area contributed by atoms with Gasteiger partial charge in [0.15, 0.2) is 5.78 Å². The van der Waals surface area contributed by atoms with Gasteiger partial charge in [-0.25, -0.2) is 0 Å². The maximum Gasteiger partial charge on any atom is 0.313 e. The standard InChI is InChI=1S/C15H13BrO4S/c1-11(17)13-5-3-7-15(9-13)20-21(18,19)10-12-4-2-6-14(16)8-12/h2-9H,10H2,1H3. The lowest BCUT2D eigenvalue weighted by Crippen LogP contribution is -2.12. The Labute approximate surface area is 132 Å². The van der Waals surface area contributed by atoms with Crippen LogP contribution in [0.15, 0.2) is 53.0 Å². The van der Waals surface area contributed by atoms with Crippen LogP contribution in [-0.4, -0.2) is 14.2 Å². The van der Waals surface area contributed by atoms with Crippen LogP contribution in [0.2, 0.25) is 0 Å². The topological polar surface area (TPSA) is 60.4 Å². The van der Waals surface area contributed by atoms with Crippen molar-refractivity contribution in [2.24, 2.45) is 0 Å². The van der Waals surface area contributed by atoms with E-state index in [1.807, 2.05) is 6.07 Å². The lowest BCUT2D eigenvalue weighted by molar-refractivity contribution is 0.101. The van der Waals surface area contributed by atoms with Crippen molar-refractivity contribution < 1.29 is 17.4 Å².